The van der Waals surface area contributed by atoms with Gasteiger partial charge < -0.3 is 19.7 Å². The van der Waals surface area contributed by atoms with Gasteiger partial charge in [-0.15, -0.1) is 0 Å². The standard InChI is InChI=1S/C22H28N4O3/c1-22(2,3)24-17-6-7-23-18(13-17)21(27)26-10-8-25(9-11-26)14-16-4-5-19-20(12-16)29-15-28-19/h4-7,12-13H,8-11,14-15H2,1-3H3,(H,23,24). The van der Waals surface area contributed by atoms with Crippen molar-refractivity contribution in [1.29, 1.82) is 0 Å². The Balaban J connectivity index is 1.33. The molecule has 29 heavy (non-hydrogen) atoms. The number of fused-ring (bicyclic) bond motifs is 1. The molecule has 1 aromatic heterocycles. The second-order valence-electron chi connectivity index (χ2n) is 8.56. The van der Waals surface area contributed by atoms with Gasteiger partial charge in [0, 0.05) is 50.1 Å². The number of ether oxygens (including phenoxy) is 2. The van der Waals surface area contributed by atoms with Gasteiger partial charge in [0.05, 0.1) is 0 Å². The summed E-state index contributed by atoms with van der Waals surface area (Å²) in [5, 5.41) is 3.39. The Morgan fingerprint density at radius 1 is 1.07 bits per heavy atom. The molecule has 1 fully saturated rings. The number of nitrogens with zero attached hydrogens (tertiary/aromatic N) is 3. The molecule has 1 saturated heterocycles. The van der Waals surface area contributed by atoms with E-state index < -0.39 is 0 Å². The number of amides is 1. The molecule has 2 aromatic rings. The Labute approximate surface area is 171 Å². The molecule has 0 atom stereocenters. The van der Waals surface area contributed by atoms with Gasteiger partial charge in [-0.2, -0.15) is 0 Å². The molecule has 0 aliphatic carbocycles. The third kappa shape index (κ3) is 4.79. The molecule has 154 valence electrons. The van der Waals surface area contributed by atoms with Crippen LogP contribution in [-0.4, -0.2) is 59.2 Å². The number of benzene rings is 1. The Morgan fingerprint density at radius 2 is 1.83 bits per heavy atom. The molecule has 0 radical (unpaired) electrons. The fourth-order valence-electron chi connectivity index (χ4n) is 3.63. The monoisotopic (exact) mass is 396 g/mol. The number of piperazine rings is 1. The molecule has 0 spiro atoms. The van der Waals surface area contributed by atoms with Crippen molar-refractivity contribution in [3.05, 3.63) is 47.8 Å². The summed E-state index contributed by atoms with van der Waals surface area (Å²) in [6, 6.07) is 9.81. The number of aromatic nitrogens is 1. The highest BCUT2D eigenvalue weighted by molar-refractivity contribution is 5.93. The fourth-order valence-corrected chi connectivity index (χ4v) is 3.63. The molecule has 2 aliphatic rings. The zero-order valence-electron chi connectivity index (χ0n) is 17.3. The van der Waals surface area contributed by atoms with Crippen molar-refractivity contribution < 1.29 is 14.3 Å². The second kappa shape index (κ2) is 7.91. The highest BCUT2D eigenvalue weighted by atomic mass is 16.7. The third-order valence-electron chi connectivity index (χ3n) is 5.00. The van der Waals surface area contributed by atoms with Crippen LogP contribution in [0.25, 0.3) is 0 Å². The van der Waals surface area contributed by atoms with Crippen LogP contribution in [0.5, 0.6) is 11.5 Å². The van der Waals surface area contributed by atoms with Gasteiger partial charge in [0.2, 0.25) is 6.79 Å². The van der Waals surface area contributed by atoms with E-state index in [-0.39, 0.29) is 11.4 Å². The smallest absolute Gasteiger partial charge is 0.272 e. The summed E-state index contributed by atoms with van der Waals surface area (Å²) in [6.07, 6.45) is 1.69. The molecular formula is C22H28N4O3. The van der Waals surface area contributed by atoms with E-state index in [9.17, 15) is 4.79 Å². The van der Waals surface area contributed by atoms with Gasteiger partial charge in [-0.3, -0.25) is 14.7 Å². The summed E-state index contributed by atoms with van der Waals surface area (Å²) in [6.45, 7) is 10.5. The van der Waals surface area contributed by atoms with Gasteiger partial charge in [0.1, 0.15) is 5.69 Å². The molecule has 0 saturated carbocycles. The van der Waals surface area contributed by atoms with Crippen LogP contribution in [0, 0.1) is 0 Å². The summed E-state index contributed by atoms with van der Waals surface area (Å²) in [7, 11) is 0. The first kappa shape index (κ1) is 19.5. The van der Waals surface area contributed by atoms with Gasteiger partial charge >= 0.3 is 0 Å². The minimum atomic E-state index is -0.0674. The van der Waals surface area contributed by atoms with E-state index >= 15 is 0 Å². The van der Waals surface area contributed by atoms with Crippen molar-refractivity contribution in [2.75, 3.05) is 38.3 Å². The summed E-state index contributed by atoms with van der Waals surface area (Å²) in [4.78, 5) is 21.4. The molecule has 2 aliphatic heterocycles. The topological polar surface area (TPSA) is 66.9 Å². The quantitative estimate of drug-likeness (QED) is 0.857. The Hall–Kier alpha value is -2.80. The Morgan fingerprint density at radius 3 is 2.59 bits per heavy atom. The van der Waals surface area contributed by atoms with Gasteiger partial charge in [-0.1, -0.05) is 6.07 Å². The number of hydrogen-bond donors (Lipinski definition) is 1. The number of pyridine rings is 1. The van der Waals surface area contributed by atoms with Crippen molar-refractivity contribution in [3.63, 3.8) is 0 Å². The third-order valence-corrected chi connectivity index (χ3v) is 5.00. The normalized spacial score (nSPS) is 16.7. The number of nitrogens with one attached hydrogen (secondary N) is 1. The van der Waals surface area contributed by atoms with Gasteiger partial charge in [0.25, 0.3) is 5.91 Å². The van der Waals surface area contributed by atoms with Crippen LogP contribution in [0.4, 0.5) is 5.69 Å². The lowest BCUT2D eigenvalue weighted by Gasteiger charge is -2.34. The average Bonchev–Trinajstić information content (AvgIpc) is 3.15. The van der Waals surface area contributed by atoms with Crippen molar-refractivity contribution >= 4 is 11.6 Å². The molecule has 1 aromatic carbocycles. The summed E-state index contributed by atoms with van der Waals surface area (Å²) >= 11 is 0. The lowest BCUT2D eigenvalue weighted by molar-refractivity contribution is 0.0622. The van der Waals surface area contributed by atoms with Crippen LogP contribution in [0.3, 0.4) is 0 Å². The van der Waals surface area contributed by atoms with E-state index in [0.717, 1.165) is 36.8 Å². The van der Waals surface area contributed by atoms with E-state index in [0.29, 0.717) is 25.6 Å². The predicted molar refractivity (Wildman–Crippen MR) is 111 cm³/mol. The van der Waals surface area contributed by atoms with Crippen LogP contribution in [0.15, 0.2) is 36.5 Å². The molecular weight excluding hydrogens is 368 g/mol. The second-order valence-corrected chi connectivity index (χ2v) is 8.56. The van der Waals surface area contributed by atoms with Gasteiger partial charge in [0.15, 0.2) is 11.5 Å². The van der Waals surface area contributed by atoms with Gasteiger partial charge in [-0.25, -0.2) is 0 Å². The Kier molecular flexibility index (Phi) is 5.32. The van der Waals surface area contributed by atoms with E-state index in [1.165, 1.54) is 5.56 Å². The first-order valence-electron chi connectivity index (χ1n) is 10.0. The van der Waals surface area contributed by atoms with Crippen molar-refractivity contribution in [3.8, 4) is 11.5 Å². The molecule has 7 heteroatoms. The van der Waals surface area contributed by atoms with Crippen molar-refractivity contribution in [2.45, 2.75) is 32.9 Å². The highest BCUT2D eigenvalue weighted by Crippen LogP contribution is 2.32. The maximum Gasteiger partial charge on any atom is 0.272 e. The van der Waals surface area contributed by atoms with E-state index in [1.807, 2.05) is 29.2 Å². The van der Waals surface area contributed by atoms with E-state index in [4.69, 9.17) is 9.47 Å². The molecule has 0 unspecified atom stereocenters. The van der Waals surface area contributed by atoms with Crippen molar-refractivity contribution in [1.82, 2.24) is 14.8 Å². The van der Waals surface area contributed by atoms with Crippen LogP contribution in [0.2, 0.25) is 0 Å². The zero-order valence-corrected chi connectivity index (χ0v) is 17.3. The molecule has 0 bridgehead atoms. The lowest BCUT2D eigenvalue weighted by atomic mass is 10.1. The van der Waals surface area contributed by atoms with Crippen LogP contribution < -0.4 is 14.8 Å². The first-order chi connectivity index (χ1) is 13.9. The van der Waals surface area contributed by atoms with Crippen LogP contribution in [0.1, 0.15) is 36.8 Å². The minimum absolute atomic E-state index is 0.00899. The number of carbonyl (C=O) groups is 1. The number of rotatable bonds is 4. The number of hydrogen-bond acceptors (Lipinski definition) is 6. The van der Waals surface area contributed by atoms with Crippen LogP contribution >= 0.6 is 0 Å². The fraction of sp³-hybridized carbons (Fsp3) is 0.455. The Bertz CT molecular complexity index is 886. The van der Waals surface area contributed by atoms with Crippen LogP contribution in [-0.2, 0) is 6.54 Å². The minimum Gasteiger partial charge on any atom is -0.454 e. The zero-order chi connectivity index (χ0) is 20.4. The highest BCUT2D eigenvalue weighted by Gasteiger charge is 2.24. The lowest BCUT2D eigenvalue weighted by Crippen LogP contribution is -2.48. The van der Waals surface area contributed by atoms with E-state index in [2.05, 4.69) is 42.0 Å². The molecule has 4 rings (SSSR count). The SMILES string of the molecule is CC(C)(C)Nc1ccnc(C(=O)N2CCN(Cc3ccc4c(c3)OCO4)CC2)c1. The van der Waals surface area contributed by atoms with Gasteiger partial charge in [-0.05, 0) is 50.6 Å². The summed E-state index contributed by atoms with van der Waals surface area (Å²) in [5.41, 5.74) is 2.53. The molecule has 1 amide bonds. The first-order valence-corrected chi connectivity index (χ1v) is 10.0. The summed E-state index contributed by atoms with van der Waals surface area (Å²) < 4.78 is 10.8. The number of carbonyl (C=O) groups excluding carboxylic acids is 1. The van der Waals surface area contributed by atoms with E-state index in [1.54, 1.807) is 6.20 Å². The largest absolute Gasteiger partial charge is 0.454 e. The predicted octanol–water partition coefficient (Wildman–Crippen LogP) is 2.98. The molecule has 3 heterocycles. The maximum absolute atomic E-state index is 12.9. The molecule has 7 nitrogen and oxygen atoms in total. The summed E-state index contributed by atoms with van der Waals surface area (Å²) in [5.74, 6) is 1.61. The number of anilines is 1. The van der Waals surface area contributed by atoms with Crippen molar-refractivity contribution in [2.24, 2.45) is 0 Å². The maximum atomic E-state index is 12.9. The average molecular weight is 396 g/mol. The molecule has 1 N–H and O–H groups in total.